The molecule has 0 aromatic carbocycles. The highest BCUT2D eigenvalue weighted by Gasteiger charge is 2.27. The largest absolute Gasteiger partial charge is 0.378 e. The molecule has 25 heavy (non-hydrogen) atoms. The zero-order chi connectivity index (χ0) is 17.5. The third kappa shape index (κ3) is 5.31. The van der Waals surface area contributed by atoms with Crippen molar-refractivity contribution in [3.05, 3.63) is 0 Å². The Morgan fingerprint density at radius 1 is 0.640 bits per heavy atom. The summed E-state index contributed by atoms with van der Waals surface area (Å²) in [6, 6.07) is 0.123. The summed E-state index contributed by atoms with van der Waals surface area (Å²) in [5.74, 6) is 0.259. The van der Waals surface area contributed by atoms with Crippen LogP contribution >= 0.6 is 0 Å². The third-order valence-corrected chi connectivity index (χ3v) is 5.49. The molecule has 0 spiro atoms. The van der Waals surface area contributed by atoms with Gasteiger partial charge in [0.05, 0.1) is 19.8 Å². The molecule has 3 rings (SSSR count). The summed E-state index contributed by atoms with van der Waals surface area (Å²) in [4.78, 5) is 33.1. The third-order valence-electron chi connectivity index (χ3n) is 5.49. The molecule has 7 heteroatoms. The van der Waals surface area contributed by atoms with Gasteiger partial charge in [0.15, 0.2) is 0 Å². The molecule has 3 saturated heterocycles. The molecule has 0 aromatic heterocycles. The van der Waals surface area contributed by atoms with E-state index in [9.17, 15) is 9.59 Å². The molecule has 3 heterocycles. The molecule has 0 radical (unpaired) electrons. The normalized spacial score (nSPS) is 23.9. The van der Waals surface area contributed by atoms with Gasteiger partial charge in [0, 0.05) is 52.4 Å². The molecule has 3 aliphatic rings. The number of hydrogen-bond donors (Lipinski definition) is 0. The van der Waals surface area contributed by atoms with Crippen LogP contribution in [-0.2, 0) is 9.53 Å². The van der Waals surface area contributed by atoms with Crippen molar-refractivity contribution < 1.29 is 14.3 Å². The van der Waals surface area contributed by atoms with E-state index in [0.717, 1.165) is 39.0 Å². The summed E-state index contributed by atoms with van der Waals surface area (Å²) < 4.78 is 5.31. The Morgan fingerprint density at radius 3 is 1.84 bits per heavy atom. The smallest absolute Gasteiger partial charge is 0.320 e. The van der Waals surface area contributed by atoms with Gasteiger partial charge in [0.25, 0.3) is 0 Å². The highest BCUT2D eigenvalue weighted by atomic mass is 16.5. The highest BCUT2D eigenvalue weighted by molar-refractivity contribution is 5.78. The Kier molecular flexibility index (Phi) is 6.93. The summed E-state index contributed by atoms with van der Waals surface area (Å²) in [5.41, 5.74) is 0. The second-order valence-corrected chi connectivity index (χ2v) is 7.29. The maximum atomic E-state index is 12.6. The average molecular weight is 352 g/mol. The van der Waals surface area contributed by atoms with Crippen LogP contribution in [0, 0.1) is 0 Å². The number of amides is 3. The van der Waals surface area contributed by atoms with Crippen LogP contribution in [0.3, 0.4) is 0 Å². The lowest BCUT2D eigenvalue weighted by molar-refractivity contribution is -0.133. The zero-order valence-corrected chi connectivity index (χ0v) is 15.3. The van der Waals surface area contributed by atoms with Gasteiger partial charge < -0.3 is 19.4 Å². The number of nitrogens with zero attached hydrogens (tertiary/aromatic N) is 4. The van der Waals surface area contributed by atoms with Crippen LogP contribution < -0.4 is 0 Å². The fourth-order valence-electron chi connectivity index (χ4n) is 3.84. The van der Waals surface area contributed by atoms with Gasteiger partial charge in [-0.25, -0.2) is 4.79 Å². The van der Waals surface area contributed by atoms with Crippen LogP contribution in [0.2, 0.25) is 0 Å². The first-order valence-corrected chi connectivity index (χ1v) is 9.86. The molecule has 0 aromatic rings. The van der Waals surface area contributed by atoms with Crippen molar-refractivity contribution in [2.75, 3.05) is 72.1 Å². The number of carbonyl (C=O) groups excluding carboxylic acids is 2. The second kappa shape index (κ2) is 9.38. The molecule has 142 valence electrons. The highest BCUT2D eigenvalue weighted by Crippen LogP contribution is 2.12. The Labute approximate surface area is 150 Å². The fourth-order valence-corrected chi connectivity index (χ4v) is 3.84. The van der Waals surface area contributed by atoms with Crippen molar-refractivity contribution in [3.63, 3.8) is 0 Å². The van der Waals surface area contributed by atoms with E-state index >= 15 is 0 Å². The minimum atomic E-state index is 0.123. The van der Waals surface area contributed by atoms with E-state index in [1.807, 2.05) is 14.7 Å². The lowest BCUT2D eigenvalue weighted by Crippen LogP contribution is -2.56. The fraction of sp³-hybridized carbons (Fsp3) is 0.889. The van der Waals surface area contributed by atoms with Crippen LogP contribution in [0.4, 0.5) is 4.79 Å². The van der Waals surface area contributed by atoms with Crippen LogP contribution in [0.5, 0.6) is 0 Å². The van der Waals surface area contributed by atoms with Crippen LogP contribution in [0.15, 0.2) is 0 Å². The standard InChI is InChI=1S/C18H32N4O3/c23-17(20-6-4-2-1-3-5-7-20)16-19-8-10-21(11-9-19)18(24)22-12-14-25-15-13-22/h1-16H2. The van der Waals surface area contributed by atoms with Crippen LogP contribution in [0.1, 0.15) is 32.1 Å². The van der Waals surface area contributed by atoms with E-state index in [-0.39, 0.29) is 11.9 Å². The predicted molar refractivity (Wildman–Crippen MR) is 95.5 cm³/mol. The number of morpholine rings is 1. The lowest BCUT2D eigenvalue weighted by atomic mass is 10.1. The van der Waals surface area contributed by atoms with Crippen molar-refractivity contribution in [2.45, 2.75) is 32.1 Å². The number of likely N-dealkylation sites (tertiary alicyclic amines) is 1. The molecule has 0 atom stereocenters. The summed E-state index contributed by atoms with van der Waals surface area (Å²) in [6.07, 6.45) is 6.06. The van der Waals surface area contributed by atoms with Crippen LogP contribution in [-0.4, -0.2) is 104 Å². The molecule has 3 aliphatic heterocycles. The topological polar surface area (TPSA) is 56.3 Å². The van der Waals surface area contributed by atoms with Gasteiger partial charge in [-0.1, -0.05) is 19.3 Å². The van der Waals surface area contributed by atoms with E-state index in [4.69, 9.17) is 4.74 Å². The number of urea groups is 1. The second-order valence-electron chi connectivity index (χ2n) is 7.29. The van der Waals surface area contributed by atoms with Crippen LogP contribution in [0.25, 0.3) is 0 Å². The number of ether oxygens (including phenoxy) is 1. The predicted octanol–water partition coefficient (Wildman–Crippen LogP) is 0.849. The van der Waals surface area contributed by atoms with Crippen molar-refractivity contribution >= 4 is 11.9 Å². The monoisotopic (exact) mass is 352 g/mol. The Bertz CT molecular complexity index is 438. The number of piperazine rings is 1. The van der Waals surface area contributed by atoms with E-state index < -0.39 is 0 Å². The summed E-state index contributed by atoms with van der Waals surface area (Å²) in [7, 11) is 0. The number of carbonyl (C=O) groups is 2. The van der Waals surface area contributed by atoms with E-state index in [1.165, 1.54) is 19.3 Å². The zero-order valence-electron chi connectivity index (χ0n) is 15.3. The van der Waals surface area contributed by atoms with Gasteiger partial charge in [-0.3, -0.25) is 9.69 Å². The average Bonchev–Trinajstić information content (AvgIpc) is 2.62. The van der Waals surface area contributed by atoms with Gasteiger partial charge in [-0.15, -0.1) is 0 Å². The number of hydrogen-bond acceptors (Lipinski definition) is 4. The van der Waals surface area contributed by atoms with Crippen molar-refractivity contribution in [1.29, 1.82) is 0 Å². The first-order valence-electron chi connectivity index (χ1n) is 9.86. The van der Waals surface area contributed by atoms with Gasteiger partial charge in [0.2, 0.25) is 5.91 Å². The molecule has 0 unspecified atom stereocenters. The minimum Gasteiger partial charge on any atom is -0.378 e. The van der Waals surface area contributed by atoms with Gasteiger partial charge >= 0.3 is 6.03 Å². The van der Waals surface area contributed by atoms with Crippen molar-refractivity contribution in [3.8, 4) is 0 Å². The molecular formula is C18H32N4O3. The van der Waals surface area contributed by atoms with Gasteiger partial charge in [-0.2, -0.15) is 0 Å². The van der Waals surface area contributed by atoms with Crippen molar-refractivity contribution in [1.82, 2.24) is 19.6 Å². The maximum Gasteiger partial charge on any atom is 0.320 e. The summed E-state index contributed by atoms with van der Waals surface area (Å²) in [5, 5.41) is 0. The minimum absolute atomic E-state index is 0.123. The Morgan fingerprint density at radius 2 is 1.20 bits per heavy atom. The molecule has 0 N–H and O–H groups in total. The quantitative estimate of drug-likeness (QED) is 0.739. The molecule has 7 nitrogen and oxygen atoms in total. The van der Waals surface area contributed by atoms with E-state index in [0.29, 0.717) is 45.9 Å². The van der Waals surface area contributed by atoms with Crippen molar-refractivity contribution in [2.24, 2.45) is 0 Å². The molecule has 0 aliphatic carbocycles. The maximum absolute atomic E-state index is 12.6. The summed E-state index contributed by atoms with van der Waals surface area (Å²) >= 11 is 0. The molecule has 0 saturated carbocycles. The SMILES string of the molecule is O=C(CN1CCN(C(=O)N2CCOCC2)CC1)N1CCCCCCC1. The molecule has 3 fully saturated rings. The first-order chi connectivity index (χ1) is 12.2. The molecule has 0 bridgehead atoms. The van der Waals surface area contributed by atoms with E-state index in [2.05, 4.69) is 4.90 Å². The molecule has 3 amide bonds. The van der Waals surface area contributed by atoms with E-state index in [1.54, 1.807) is 0 Å². The number of rotatable bonds is 2. The van der Waals surface area contributed by atoms with Gasteiger partial charge in [-0.05, 0) is 12.8 Å². The lowest BCUT2D eigenvalue weighted by Gasteiger charge is -2.38. The first kappa shape index (κ1) is 18.5. The Hall–Kier alpha value is -1.34. The Balaban J connectivity index is 1.40. The summed E-state index contributed by atoms with van der Waals surface area (Å²) in [6.45, 7) is 7.96. The van der Waals surface area contributed by atoms with Gasteiger partial charge in [0.1, 0.15) is 0 Å². The molecular weight excluding hydrogens is 320 g/mol.